The van der Waals surface area contributed by atoms with Crippen molar-refractivity contribution in [2.45, 2.75) is 0 Å². The van der Waals surface area contributed by atoms with Crippen LogP contribution in [0, 0.1) is 0 Å². The maximum Gasteiger partial charge on any atom is 0.325 e. The molecule has 0 amide bonds. The number of aromatic amines is 2. The van der Waals surface area contributed by atoms with Crippen molar-refractivity contribution >= 4 is 0 Å². The summed E-state index contributed by atoms with van der Waals surface area (Å²) in [5, 5.41) is 0. The summed E-state index contributed by atoms with van der Waals surface area (Å²) >= 11 is 0. The number of hydrogen-bond donors (Lipinski definition) is 2. The number of rotatable bonds is 0. The molecule has 0 atom stereocenters. The average molecular weight is 116 g/mol. The highest BCUT2D eigenvalue weighted by atomic mass is 16.2. The average Bonchev–Trinajstić information content (AvgIpc) is 2.08. The molecule has 0 aromatic carbocycles. The standard InChI is InChI=1S/C4H4N2O2/c7-3-1-2-5-4(8)6-3/h1-2H,(H2,5,6,7,8)/i1D,2D/hD2. The number of H-pyrrole nitrogens is 2. The molecular formula is C4H4N2O2. The van der Waals surface area contributed by atoms with E-state index in [0.717, 1.165) is 0 Å². The second kappa shape index (κ2) is 1.65. The lowest BCUT2D eigenvalue weighted by molar-refractivity contribution is 1.04. The van der Waals surface area contributed by atoms with Crippen molar-refractivity contribution in [1.82, 2.24) is 9.95 Å². The van der Waals surface area contributed by atoms with E-state index < -0.39 is 23.5 Å². The largest absolute Gasteiger partial charge is 0.325 e. The summed E-state index contributed by atoms with van der Waals surface area (Å²) in [7, 11) is 0. The minimum absolute atomic E-state index is 0.0106. The fraction of sp³-hybridized carbons (Fsp3) is 0. The second-order valence-electron chi connectivity index (χ2n) is 1.05. The third-order valence-corrected chi connectivity index (χ3v) is 0.512. The first-order valence-corrected chi connectivity index (χ1v) is 1.80. The Kier molecular flexibility index (Phi) is 0.390. The van der Waals surface area contributed by atoms with Gasteiger partial charge in [0.1, 0.15) is 0 Å². The zero-order valence-corrected chi connectivity index (χ0v) is 3.71. The molecule has 0 aliphatic carbocycles. The molecule has 4 nitrogen and oxygen atoms in total. The molecule has 0 aliphatic heterocycles. The van der Waals surface area contributed by atoms with Gasteiger partial charge in [0.05, 0.1) is 2.74 Å². The van der Waals surface area contributed by atoms with Crippen molar-refractivity contribution in [3.8, 4) is 0 Å². The lowest BCUT2D eigenvalue weighted by Crippen LogP contribution is -2.19. The van der Waals surface area contributed by atoms with E-state index in [-0.39, 0.29) is 9.95 Å². The predicted octanol–water partition coefficient (Wildman–Crippen LogP) is -0.937. The zero-order chi connectivity index (χ0) is 9.46. The molecule has 0 saturated carbocycles. The Labute approximate surface area is 49.9 Å². The summed E-state index contributed by atoms with van der Waals surface area (Å²) in [6.45, 7) is 0. The summed E-state index contributed by atoms with van der Waals surface area (Å²) in [5.74, 6) is 0. The summed E-state index contributed by atoms with van der Waals surface area (Å²) in [5.41, 5.74) is -2.44. The van der Waals surface area contributed by atoms with E-state index in [0.29, 0.717) is 0 Å². The van der Waals surface area contributed by atoms with Crippen LogP contribution in [0.25, 0.3) is 0 Å². The summed E-state index contributed by atoms with van der Waals surface area (Å²) in [6.07, 6.45) is -0.812. The molecule has 0 aliphatic rings. The van der Waals surface area contributed by atoms with E-state index in [9.17, 15) is 9.59 Å². The fourth-order valence-electron chi connectivity index (χ4n) is 0.263. The molecule has 0 radical (unpaired) electrons. The Hall–Kier alpha value is -1.32. The molecule has 0 unspecified atom stereocenters. The third kappa shape index (κ3) is 0.841. The SMILES string of the molecule is [2H]c1c([2H])n([2H])c(=O)n([2H])c1=O. The number of aromatic nitrogens is 2. The molecule has 4 heteroatoms. The molecule has 1 aromatic heterocycles. The normalized spacial score (nSPS) is 16.0. The molecule has 2 N–H and O–H groups in total. The van der Waals surface area contributed by atoms with Crippen LogP contribution in [0.1, 0.15) is 2.74 Å². The highest BCUT2D eigenvalue weighted by Crippen LogP contribution is 1.51. The summed E-state index contributed by atoms with van der Waals surface area (Å²) in [6, 6.07) is -0.834. The van der Waals surface area contributed by atoms with Crippen LogP contribution < -0.4 is 11.2 Å². The number of nitrogens with one attached hydrogen (secondary N) is 2. The van der Waals surface area contributed by atoms with Gasteiger partial charge in [0.25, 0.3) is 5.56 Å². The van der Waals surface area contributed by atoms with Crippen LogP contribution in [0.5, 0.6) is 0 Å². The first-order chi connectivity index (χ1) is 5.46. The van der Waals surface area contributed by atoms with Crippen LogP contribution in [-0.4, -0.2) is 9.95 Å². The van der Waals surface area contributed by atoms with Crippen LogP contribution in [0.3, 0.4) is 0 Å². The highest BCUT2D eigenvalue weighted by molar-refractivity contribution is 4.77. The molecule has 1 heterocycles. The topological polar surface area (TPSA) is 65.7 Å². The first-order valence-electron chi connectivity index (χ1n) is 3.70. The molecule has 0 spiro atoms. The van der Waals surface area contributed by atoms with Gasteiger partial charge in [0.15, 0.2) is 2.82 Å². The van der Waals surface area contributed by atoms with E-state index in [1.807, 2.05) is 0 Å². The Balaban J connectivity index is 3.86. The summed E-state index contributed by atoms with van der Waals surface area (Å²) < 4.78 is 27.4. The van der Waals surface area contributed by atoms with Crippen molar-refractivity contribution in [3.63, 3.8) is 0 Å². The number of hydrogen-bond acceptors (Lipinski definition) is 2. The minimum Gasteiger partial charge on any atom is -0.314 e. The van der Waals surface area contributed by atoms with Crippen LogP contribution >= 0.6 is 0 Å². The maximum atomic E-state index is 10.7. The van der Waals surface area contributed by atoms with Gasteiger partial charge in [-0.1, -0.05) is 0 Å². The van der Waals surface area contributed by atoms with Crippen LogP contribution in [-0.2, 0) is 0 Å². The van der Waals surface area contributed by atoms with Gasteiger partial charge in [-0.05, 0) is 0 Å². The third-order valence-electron chi connectivity index (χ3n) is 0.512. The molecule has 1 aromatic rings. The first kappa shape index (κ1) is 1.89. The van der Waals surface area contributed by atoms with Crippen molar-refractivity contribution in [1.29, 1.82) is 0 Å². The van der Waals surface area contributed by atoms with E-state index in [1.54, 1.807) is 0 Å². The van der Waals surface area contributed by atoms with Gasteiger partial charge in [0.2, 0.25) is 0 Å². The Morgan fingerprint density at radius 1 is 1.75 bits per heavy atom. The Morgan fingerprint density at radius 2 is 2.50 bits per heavy atom. The molecular weight excluding hydrogens is 108 g/mol. The highest BCUT2D eigenvalue weighted by Gasteiger charge is 1.77. The molecule has 1 rings (SSSR count). The van der Waals surface area contributed by atoms with Gasteiger partial charge in [-0.3, -0.25) is 9.77 Å². The van der Waals surface area contributed by atoms with Crippen LogP contribution in [0.2, 0.25) is 2.82 Å². The van der Waals surface area contributed by atoms with Gasteiger partial charge in [-0.25, -0.2) is 4.79 Å². The monoisotopic (exact) mass is 116 g/mol. The molecule has 8 heavy (non-hydrogen) atoms. The van der Waals surface area contributed by atoms with Gasteiger partial charge in [-0.2, -0.15) is 0 Å². The Morgan fingerprint density at radius 3 is 3.25 bits per heavy atom. The molecule has 0 fully saturated rings. The smallest absolute Gasteiger partial charge is 0.314 e. The van der Waals surface area contributed by atoms with E-state index in [1.165, 1.54) is 0 Å². The van der Waals surface area contributed by atoms with E-state index >= 15 is 0 Å². The Bertz CT molecular complexity index is 397. The molecule has 42 valence electrons. The lowest BCUT2D eigenvalue weighted by atomic mass is 10.7. The van der Waals surface area contributed by atoms with Crippen LogP contribution in [0.15, 0.2) is 21.8 Å². The van der Waals surface area contributed by atoms with Gasteiger partial charge >= 0.3 is 5.69 Å². The van der Waals surface area contributed by atoms with Gasteiger partial charge in [0, 0.05) is 12.2 Å². The molecule has 0 bridgehead atoms. The molecule has 0 saturated heterocycles. The minimum atomic E-state index is -1.25. The van der Waals surface area contributed by atoms with E-state index in [4.69, 9.17) is 5.57 Å². The summed E-state index contributed by atoms with van der Waals surface area (Å²) in [4.78, 5) is 21.3. The van der Waals surface area contributed by atoms with Crippen molar-refractivity contribution in [2.75, 3.05) is 0 Å². The van der Waals surface area contributed by atoms with Gasteiger partial charge in [-0.15, -0.1) is 0 Å². The lowest BCUT2D eigenvalue weighted by Gasteiger charge is -1.75. The fourth-order valence-corrected chi connectivity index (χ4v) is 0.263. The quantitative estimate of drug-likeness (QED) is 0.459. The van der Waals surface area contributed by atoms with Crippen molar-refractivity contribution in [3.05, 3.63) is 33.1 Å². The van der Waals surface area contributed by atoms with E-state index in [2.05, 4.69) is 0 Å². The maximum absolute atomic E-state index is 10.7. The van der Waals surface area contributed by atoms with Crippen LogP contribution in [0.4, 0.5) is 0 Å². The zero-order valence-electron chi connectivity index (χ0n) is 7.71. The second-order valence-corrected chi connectivity index (χ2v) is 1.05. The van der Waals surface area contributed by atoms with Gasteiger partial charge < -0.3 is 4.98 Å². The van der Waals surface area contributed by atoms with Crippen molar-refractivity contribution in [2.24, 2.45) is 0 Å². The van der Waals surface area contributed by atoms with Crippen molar-refractivity contribution < 1.29 is 5.57 Å². The predicted molar refractivity (Wildman–Crippen MR) is 27.7 cm³/mol.